The van der Waals surface area contributed by atoms with Gasteiger partial charge >= 0.3 is 0 Å². The number of rotatable bonds is 8. The van der Waals surface area contributed by atoms with Crippen molar-refractivity contribution in [3.63, 3.8) is 0 Å². The summed E-state index contributed by atoms with van der Waals surface area (Å²) in [5, 5.41) is 5.24. The predicted molar refractivity (Wildman–Crippen MR) is 99.5 cm³/mol. The molecule has 0 radical (unpaired) electrons. The zero-order valence-corrected chi connectivity index (χ0v) is 14.9. The quantitative estimate of drug-likeness (QED) is 0.667. The Kier molecular flexibility index (Phi) is 7.11. The van der Waals surface area contributed by atoms with Crippen molar-refractivity contribution < 1.29 is 14.3 Å². The summed E-state index contributed by atoms with van der Waals surface area (Å²) in [6.07, 6.45) is 3.42. The standard InChI is InChI=1S/C19H24N4O3/c1-13(2)18(20)19(25)22-11-17(24)23-15-3-5-16(6-4-15)26-12-14-7-9-21-10-8-14/h3-10,13,18H,11-12,20H2,1-2H3,(H,22,25)(H,23,24)/t18-/m0/s1. The molecular formula is C19H24N4O3. The Morgan fingerprint density at radius 1 is 1.12 bits per heavy atom. The van der Waals surface area contributed by atoms with Crippen molar-refractivity contribution in [2.75, 3.05) is 11.9 Å². The number of hydrogen-bond donors (Lipinski definition) is 3. The molecule has 0 aliphatic heterocycles. The molecule has 2 rings (SSSR count). The second-order valence-electron chi connectivity index (χ2n) is 6.20. The monoisotopic (exact) mass is 356 g/mol. The normalized spacial score (nSPS) is 11.7. The number of benzene rings is 1. The molecule has 2 aromatic rings. The van der Waals surface area contributed by atoms with Crippen LogP contribution in [0.2, 0.25) is 0 Å². The number of nitrogens with two attached hydrogens (primary N) is 1. The first-order valence-corrected chi connectivity index (χ1v) is 8.40. The Hall–Kier alpha value is -2.93. The highest BCUT2D eigenvalue weighted by Crippen LogP contribution is 2.16. The molecule has 0 saturated heterocycles. The molecule has 26 heavy (non-hydrogen) atoms. The molecule has 0 fully saturated rings. The molecule has 2 amide bonds. The van der Waals surface area contributed by atoms with Crippen LogP contribution in [0, 0.1) is 5.92 Å². The molecule has 0 bridgehead atoms. The summed E-state index contributed by atoms with van der Waals surface area (Å²) >= 11 is 0. The molecule has 138 valence electrons. The van der Waals surface area contributed by atoms with Crippen LogP contribution in [0.4, 0.5) is 5.69 Å². The van der Waals surface area contributed by atoms with Crippen molar-refractivity contribution in [2.24, 2.45) is 11.7 Å². The first-order chi connectivity index (χ1) is 12.5. The fourth-order valence-electron chi connectivity index (χ4n) is 2.07. The molecule has 1 aromatic carbocycles. The number of hydrogen-bond acceptors (Lipinski definition) is 5. The first-order valence-electron chi connectivity index (χ1n) is 8.40. The number of carbonyl (C=O) groups is 2. The van der Waals surface area contributed by atoms with E-state index in [1.807, 2.05) is 26.0 Å². The van der Waals surface area contributed by atoms with Crippen molar-refractivity contribution in [1.82, 2.24) is 10.3 Å². The predicted octanol–water partition coefficient (Wildman–Crippen LogP) is 1.70. The number of ether oxygens (including phenoxy) is 1. The highest BCUT2D eigenvalue weighted by Gasteiger charge is 2.17. The molecule has 7 nitrogen and oxygen atoms in total. The van der Waals surface area contributed by atoms with Crippen LogP contribution in [0.5, 0.6) is 5.75 Å². The lowest BCUT2D eigenvalue weighted by atomic mass is 10.1. The molecule has 1 atom stereocenters. The van der Waals surface area contributed by atoms with E-state index in [-0.39, 0.29) is 24.3 Å². The zero-order chi connectivity index (χ0) is 18.9. The number of amides is 2. The lowest BCUT2D eigenvalue weighted by Gasteiger charge is -2.15. The van der Waals surface area contributed by atoms with E-state index in [9.17, 15) is 9.59 Å². The molecule has 0 saturated carbocycles. The van der Waals surface area contributed by atoms with E-state index in [2.05, 4.69) is 15.6 Å². The van der Waals surface area contributed by atoms with Gasteiger partial charge in [-0.25, -0.2) is 0 Å². The molecule has 1 aromatic heterocycles. The number of aromatic nitrogens is 1. The second kappa shape index (κ2) is 9.53. The van der Waals surface area contributed by atoms with Crippen LogP contribution in [0.3, 0.4) is 0 Å². The molecule has 0 aliphatic carbocycles. The molecular weight excluding hydrogens is 332 g/mol. The fourth-order valence-corrected chi connectivity index (χ4v) is 2.07. The van der Waals surface area contributed by atoms with Crippen molar-refractivity contribution in [3.05, 3.63) is 54.4 Å². The fraction of sp³-hybridized carbons (Fsp3) is 0.316. The van der Waals surface area contributed by atoms with Crippen molar-refractivity contribution in [2.45, 2.75) is 26.5 Å². The summed E-state index contributed by atoms with van der Waals surface area (Å²) in [6.45, 7) is 4.02. The van der Waals surface area contributed by atoms with E-state index in [1.165, 1.54) is 0 Å². The lowest BCUT2D eigenvalue weighted by Crippen LogP contribution is -2.46. The van der Waals surface area contributed by atoms with Gasteiger partial charge in [-0.05, 0) is 47.9 Å². The van der Waals surface area contributed by atoms with Gasteiger partial charge in [-0.2, -0.15) is 0 Å². The molecule has 0 aliphatic rings. The minimum absolute atomic E-state index is 0.0118. The number of nitrogens with one attached hydrogen (secondary N) is 2. The van der Waals surface area contributed by atoms with Gasteiger partial charge in [-0.1, -0.05) is 13.8 Å². The number of anilines is 1. The summed E-state index contributed by atoms with van der Waals surface area (Å²) in [5.41, 5.74) is 7.37. The van der Waals surface area contributed by atoms with Crippen LogP contribution in [0.15, 0.2) is 48.8 Å². The minimum Gasteiger partial charge on any atom is -0.489 e. The third-order valence-corrected chi connectivity index (χ3v) is 3.74. The summed E-state index contributed by atoms with van der Waals surface area (Å²) < 4.78 is 5.67. The maximum atomic E-state index is 11.9. The largest absolute Gasteiger partial charge is 0.489 e. The summed E-state index contributed by atoms with van der Waals surface area (Å²) in [4.78, 5) is 27.6. The number of nitrogens with zero attached hydrogens (tertiary/aromatic N) is 1. The smallest absolute Gasteiger partial charge is 0.243 e. The minimum atomic E-state index is -0.625. The Balaban J connectivity index is 1.77. The molecule has 0 unspecified atom stereocenters. The third-order valence-electron chi connectivity index (χ3n) is 3.74. The van der Waals surface area contributed by atoms with E-state index in [0.29, 0.717) is 18.0 Å². The summed E-state index contributed by atoms with van der Waals surface area (Å²) in [7, 11) is 0. The third kappa shape index (κ3) is 6.18. The molecule has 0 spiro atoms. The van der Waals surface area contributed by atoms with Crippen molar-refractivity contribution in [1.29, 1.82) is 0 Å². The van der Waals surface area contributed by atoms with Gasteiger partial charge in [0.15, 0.2) is 0 Å². The van der Waals surface area contributed by atoms with Gasteiger partial charge in [-0.3, -0.25) is 14.6 Å². The average Bonchev–Trinajstić information content (AvgIpc) is 2.65. The van der Waals surface area contributed by atoms with Crippen LogP contribution in [-0.2, 0) is 16.2 Å². The Bertz CT molecular complexity index is 717. The van der Waals surface area contributed by atoms with Crippen molar-refractivity contribution in [3.8, 4) is 5.75 Å². The van der Waals surface area contributed by atoms with E-state index in [1.54, 1.807) is 36.7 Å². The SMILES string of the molecule is CC(C)[C@H](N)C(=O)NCC(=O)Nc1ccc(OCc2ccncc2)cc1. The second-order valence-corrected chi connectivity index (χ2v) is 6.20. The Morgan fingerprint density at radius 3 is 2.38 bits per heavy atom. The lowest BCUT2D eigenvalue weighted by molar-refractivity contribution is -0.125. The van der Waals surface area contributed by atoms with Crippen LogP contribution >= 0.6 is 0 Å². The Labute approximate surface area is 153 Å². The van der Waals surface area contributed by atoms with E-state index < -0.39 is 6.04 Å². The van der Waals surface area contributed by atoms with Crippen LogP contribution in [0.1, 0.15) is 19.4 Å². The Morgan fingerprint density at radius 2 is 1.77 bits per heavy atom. The highest BCUT2D eigenvalue weighted by molar-refractivity contribution is 5.95. The average molecular weight is 356 g/mol. The van der Waals surface area contributed by atoms with Gasteiger partial charge in [-0.15, -0.1) is 0 Å². The van der Waals surface area contributed by atoms with Gasteiger partial charge in [0.2, 0.25) is 11.8 Å². The first kappa shape index (κ1) is 19.4. The van der Waals surface area contributed by atoms with Gasteiger partial charge < -0.3 is 21.1 Å². The van der Waals surface area contributed by atoms with Crippen LogP contribution in [-0.4, -0.2) is 29.4 Å². The van der Waals surface area contributed by atoms with Crippen LogP contribution < -0.4 is 21.1 Å². The highest BCUT2D eigenvalue weighted by atomic mass is 16.5. The number of pyridine rings is 1. The topological polar surface area (TPSA) is 106 Å². The summed E-state index contributed by atoms with van der Waals surface area (Å²) in [5.74, 6) is 0.0449. The molecule has 1 heterocycles. The van der Waals surface area contributed by atoms with Crippen molar-refractivity contribution >= 4 is 17.5 Å². The van der Waals surface area contributed by atoms with E-state index in [0.717, 1.165) is 5.56 Å². The van der Waals surface area contributed by atoms with E-state index >= 15 is 0 Å². The van der Waals surface area contributed by atoms with Gasteiger partial charge in [0.25, 0.3) is 0 Å². The van der Waals surface area contributed by atoms with Crippen LogP contribution in [0.25, 0.3) is 0 Å². The van der Waals surface area contributed by atoms with Gasteiger partial charge in [0.05, 0.1) is 12.6 Å². The molecule has 4 N–H and O–H groups in total. The summed E-state index contributed by atoms with van der Waals surface area (Å²) in [6, 6.07) is 10.2. The van der Waals surface area contributed by atoms with Gasteiger partial charge in [0.1, 0.15) is 12.4 Å². The van der Waals surface area contributed by atoms with E-state index in [4.69, 9.17) is 10.5 Å². The zero-order valence-electron chi connectivity index (χ0n) is 14.9. The number of carbonyl (C=O) groups excluding carboxylic acids is 2. The molecule has 7 heteroatoms. The maximum Gasteiger partial charge on any atom is 0.243 e. The maximum absolute atomic E-state index is 11.9. The van der Waals surface area contributed by atoms with Gasteiger partial charge in [0, 0.05) is 18.1 Å².